The van der Waals surface area contributed by atoms with Gasteiger partial charge in [-0.2, -0.15) is 0 Å². The number of aliphatic hydroxyl groups is 3. The van der Waals surface area contributed by atoms with E-state index in [1.54, 1.807) is 6.08 Å². The van der Waals surface area contributed by atoms with Gasteiger partial charge in [0.25, 0.3) is 0 Å². The summed E-state index contributed by atoms with van der Waals surface area (Å²) in [7, 11) is 0. The van der Waals surface area contributed by atoms with Crippen LogP contribution in [0.15, 0.2) is 35.7 Å². The molecule has 2 unspecified atom stereocenters. The van der Waals surface area contributed by atoms with Crippen molar-refractivity contribution in [1.82, 2.24) is 0 Å². The van der Waals surface area contributed by atoms with Gasteiger partial charge in [0, 0.05) is 0 Å². The van der Waals surface area contributed by atoms with E-state index in [0.29, 0.717) is 6.61 Å². The molecule has 0 spiro atoms. The molecule has 6 heteroatoms. The molecule has 2 aliphatic rings. The summed E-state index contributed by atoms with van der Waals surface area (Å²) in [5.74, 6) is -0.793. The molecule has 0 radical (unpaired) electrons. The molecule has 0 aromatic rings. The Morgan fingerprint density at radius 2 is 2.19 bits per heavy atom. The lowest BCUT2D eigenvalue weighted by Crippen LogP contribution is -2.33. The van der Waals surface area contributed by atoms with E-state index >= 15 is 0 Å². The van der Waals surface area contributed by atoms with Crippen LogP contribution in [-0.4, -0.2) is 40.9 Å². The van der Waals surface area contributed by atoms with Crippen molar-refractivity contribution in [2.45, 2.75) is 12.4 Å². The van der Waals surface area contributed by atoms with Gasteiger partial charge in [0.1, 0.15) is 19.0 Å². The predicted octanol–water partition coefficient (Wildman–Crippen LogP) is 0.476. The smallest absolute Gasteiger partial charge is 0.230 e. The molecule has 2 aliphatic heterocycles. The zero-order valence-corrected chi connectivity index (χ0v) is 8.37. The van der Waals surface area contributed by atoms with E-state index in [2.05, 4.69) is 0 Å². The number of rotatable bonds is 2. The fourth-order valence-electron chi connectivity index (χ4n) is 1.31. The summed E-state index contributed by atoms with van der Waals surface area (Å²) in [6.45, 7) is 0.207. The van der Waals surface area contributed by atoms with Crippen molar-refractivity contribution in [3.63, 3.8) is 0 Å². The molecule has 2 atom stereocenters. The molecule has 88 valence electrons. The summed E-state index contributed by atoms with van der Waals surface area (Å²) in [6, 6.07) is 0. The highest BCUT2D eigenvalue weighted by Crippen LogP contribution is 2.21. The van der Waals surface area contributed by atoms with E-state index in [0.717, 1.165) is 6.26 Å². The largest absolute Gasteiger partial charge is 0.505 e. The Labute approximate surface area is 91.7 Å². The Morgan fingerprint density at radius 1 is 1.38 bits per heavy atom. The summed E-state index contributed by atoms with van der Waals surface area (Å²) in [6.07, 6.45) is 2.49. The van der Waals surface area contributed by atoms with E-state index in [4.69, 9.17) is 14.2 Å². The Bertz CT molecular complexity index is 356. The van der Waals surface area contributed by atoms with Gasteiger partial charge in [0.15, 0.2) is 5.76 Å². The number of aliphatic hydroxyl groups excluding tert-OH is 3. The molecular formula is C10H12O6. The van der Waals surface area contributed by atoms with E-state index in [-0.39, 0.29) is 18.1 Å². The monoisotopic (exact) mass is 228 g/mol. The Hall–Kier alpha value is -1.66. The zero-order valence-electron chi connectivity index (χ0n) is 8.37. The van der Waals surface area contributed by atoms with Gasteiger partial charge in [0.2, 0.25) is 17.8 Å². The lowest BCUT2D eigenvalue weighted by atomic mass is 10.2. The van der Waals surface area contributed by atoms with Gasteiger partial charge < -0.3 is 29.5 Å². The molecule has 0 bridgehead atoms. The second-order valence-electron chi connectivity index (χ2n) is 3.33. The van der Waals surface area contributed by atoms with Gasteiger partial charge in [-0.25, -0.2) is 0 Å². The van der Waals surface area contributed by atoms with Crippen LogP contribution < -0.4 is 0 Å². The summed E-state index contributed by atoms with van der Waals surface area (Å²) in [4.78, 5) is 0. The molecule has 2 heterocycles. The molecule has 0 aromatic carbocycles. The SMILES string of the molecule is OC1=C(O)C(OC2OCC=CC2O)=COC1. The molecule has 2 rings (SSSR count). The second kappa shape index (κ2) is 4.46. The van der Waals surface area contributed by atoms with Gasteiger partial charge in [0.05, 0.1) is 6.61 Å². The number of hydrogen-bond donors (Lipinski definition) is 3. The van der Waals surface area contributed by atoms with E-state index < -0.39 is 18.2 Å². The first kappa shape index (κ1) is 10.8. The topological polar surface area (TPSA) is 88.4 Å². The fraction of sp³-hybridized carbons (Fsp3) is 0.400. The van der Waals surface area contributed by atoms with Crippen LogP contribution in [0, 0.1) is 0 Å². The highest BCUT2D eigenvalue weighted by atomic mass is 16.7. The highest BCUT2D eigenvalue weighted by Gasteiger charge is 2.26. The van der Waals surface area contributed by atoms with Gasteiger partial charge in [-0.1, -0.05) is 12.2 Å². The van der Waals surface area contributed by atoms with Crippen LogP contribution in [0.3, 0.4) is 0 Å². The predicted molar refractivity (Wildman–Crippen MR) is 52.3 cm³/mol. The molecule has 0 aromatic heterocycles. The summed E-state index contributed by atoms with van der Waals surface area (Å²) >= 11 is 0. The van der Waals surface area contributed by atoms with Crippen molar-refractivity contribution >= 4 is 0 Å². The average Bonchev–Trinajstić information content (AvgIpc) is 2.28. The average molecular weight is 228 g/mol. The summed E-state index contributed by atoms with van der Waals surface area (Å²) in [5.41, 5.74) is 0. The van der Waals surface area contributed by atoms with Gasteiger partial charge in [-0.3, -0.25) is 0 Å². The third-order valence-electron chi connectivity index (χ3n) is 2.13. The lowest BCUT2D eigenvalue weighted by molar-refractivity contribution is -0.163. The van der Waals surface area contributed by atoms with Crippen LogP contribution in [0.2, 0.25) is 0 Å². The standard InChI is InChI=1S/C10H12O6/c11-6-2-1-3-15-10(6)16-8-5-14-4-7(12)9(8)13/h1-2,5-6,10-13H,3-4H2. The minimum Gasteiger partial charge on any atom is -0.505 e. The fourth-order valence-corrected chi connectivity index (χ4v) is 1.31. The molecule has 3 N–H and O–H groups in total. The van der Waals surface area contributed by atoms with Crippen LogP contribution in [0.1, 0.15) is 0 Å². The van der Waals surface area contributed by atoms with Gasteiger partial charge in [-0.05, 0) is 0 Å². The maximum atomic E-state index is 9.49. The molecule has 0 fully saturated rings. The van der Waals surface area contributed by atoms with Gasteiger partial charge in [-0.15, -0.1) is 0 Å². The molecule has 0 amide bonds. The van der Waals surface area contributed by atoms with Gasteiger partial charge >= 0.3 is 0 Å². The molecule has 0 aliphatic carbocycles. The van der Waals surface area contributed by atoms with Crippen molar-refractivity contribution in [3.05, 3.63) is 35.7 Å². The lowest BCUT2D eigenvalue weighted by Gasteiger charge is -2.26. The third kappa shape index (κ3) is 2.12. The maximum Gasteiger partial charge on any atom is 0.230 e. The molecule has 0 saturated heterocycles. The van der Waals surface area contributed by atoms with Crippen LogP contribution in [-0.2, 0) is 14.2 Å². The highest BCUT2D eigenvalue weighted by molar-refractivity contribution is 5.23. The molecule has 0 saturated carbocycles. The molecule has 16 heavy (non-hydrogen) atoms. The zero-order chi connectivity index (χ0) is 11.5. The van der Waals surface area contributed by atoms with Crippen molar-refractivity contribution in [2.24, 2.45) is 0 Å². The van der Waals surface area contributed by atoms with Crippen LogP contribution in [0.25, 0.3) is 0 Å². The minimum atomic E-state index is -0.925. The first-order valence-electron chi connectivity index (χ1n) is 4.74. The Kier molecular flexibility index (Phi) is 3.02. The second-order valence-corrected chi connectivity index (χ2v) is 3.33. The molecular weight excluding hydrogens is 216 g/mol. The summed E-state index contributed by atoms with van der Waals surface area (Å²) in [5, 5.41) is 28.2. The van der Waals surface area contributed by atoms with Crippen molar-refractivity contribution in [3.8, 4) is 0 Å². The van der Waals surface area contributed by atoms with Crippen molar-refractivity contribution in [1.29, 1.82) is 0 Å². The normalized spacial score (nSPS) is 29.7. The number of hydrogen-bond acceptors (Lipinski definition) is 6. The first-order chi connectivity index (χ1) is 7.68. The van der Waals surface area contributed by atoms with Crippen LogP contribution >= 0.6 is 0 Å². The summed E-state index contributed by atoms with van der Waals surface area (Å²) < 4.78 is 15.1. The minimum absolute atomic E-state index is 0.0666. The quantitative estimate of drug-likeness (QED) is 0.595. The Balaban J connectivity index is 2.05. The Morgan fingerprint density at radius 3 is 2.94 bits per heavy atom. The number of ether oxygens (including phenoxy) is 3. The van der Waals surface area contributed by atoms with E-state index in [1.165, 1.54) is 6.08 Å². The van der Waals surface area contributed by atoms with Crippen LogP contribution in [0.5, 0.6) is 0 Å². The van der Waals surface area contributed by atoms with Crippen LogP contribution in [0.4, 0.5) is 0 Å². The third-order valence-corrected chi connectivity index (χ3v) is 2.13. The van der Waals surface area contributed by atoms with Crippen molar-refractivity contribution in [2.75, 3.05) is 13.2 Å². The van der Waals surface area contributed by atoms with E-state index in [9.17, 15) is 15.3 Å². The first-order valence-corrected chi connectivity index (χ1v) is 4.74. The van der Waals surface area contributed by atoms with Crippen molar-refractivity contribution < 1.29 is 29.5 Å². The van der Waals surface area contributed by atoms with E-state index in [1.807, 2.05) is 0 Å². The maximum absolute atomic E-state index is 9.49. The molecule has 6 nitrogen and oxygen atoms in total.